The molecule has 3 heterocycles. The van der Waals surface area contributed by atoms with Crippen LogP contribution in [0.2, 0.25) is 0 Å². The number of benzene rings is 3. The van der Waals surface area contributed by atoms with E-state index in [1.165, 1.54) is 0 Å². The predicted molar refractivity (Wildman–Crippen MR) is 185 cm³/mol. The van der Waals surface area contributed by atoms with E-state index in [0.29, 0.717) is 35.4 Å². The number of anilines is 1. The van der Waals surface area contributed by atoms with Gasteiger partial charge in [-0.1, -0.05) is 61.4 Å². The number of nitrogens with zero attached hydrogens (tertiary/aromatic N) is 2. The zero-order valence-corrected chi connectivity index (χ0v) is 27.9. The molecule has 5 atom stereocenters. The maximum absolute atomic E-state index is 14.5. The molecule has 4 aromatic rings. The Bertz CT molecular complexity index is 1830. The minimum absolute atomic E-state index is 0.0687. The number of rotatable bonds is 8. The van der Waals surface area contributed by atoms with Gasteiger partial charge in [-0.05, 0) is 62.1 Å². The molecule has 7 rings (SSSR count). The first-order valence-electron chi connectivity index (χ1n) is 17.2. The largest absolute Gasteiger partial charge is 0.497 e. The van der Waals surface area contributed by atoms with Gasteiger partial charge in [-0.25, -0.2) is 0 Å². The second kappa shape index (κ2) is 14.5. The zero-order chi connectivity index (χ0) is 34.5. The molecule has 1 aliphatic carbocycles. The maximum Gasteiger partial charge on any atom is 0.394 e. The van der Waals surface area contributed by atoms with Crippen molar-refractivity contribution in [3.8, 4) is 17.6 Å². The number of aromatic nitrogens is 1. The molecular formula is C38H41N5O7. The van der Waals surface area contributed by atoms with E-state index in [9.17, 15) is 14.4 Å². The first-order valence-corrected chi connectivity index (χ1v) is 17.2. The van der Waals surface area contributed by atoms with Crippen molar-refractivity contribution in [2.45, 2.75) is 68.7 Å². The van der Waals surface area contributed by atoms with Crippen LogP contribution in [0.3, 0.4) is 0 Å². The minimum atomic E-state index is -1.23. The Morgan fingerprint density at radius 2 is 1.82 bits per heavy atom. The summed E-state index contributed by atoms with van der Waals surface area (Å²) < 4.78 is 17.4. The molecule has 260 valence electrons. The van der Waals surface area contributed by atoms with Crippen molar-refractivity contribution in [3.05, 3.63) is 91.0 Å². The van der Waals surface area contributed by atoms with E-state index in [4.69, 9.17) is 18.7 Å². The average Bonchev–Trinajstić information content (AvgIpc) is 3.43. The molecule has 0 bridgehead atoms. The number of ether oxygens (including phenoxy) is 2. The van der Waals surface area contributed by atoms with Gasteiger partial charge in [-0.3, -0.25) is 14.4 Å². The zero-order valence-electron chi connectivity index (χ0n) is 27.9. The van der Waals surface area contributed by atoms with Crippen molar-refractivity contribution in [2.24, 2.45) is 5.92 Å². The Balaban J connectivity index is 1.16. The number of allylic oxidation sites excluding steroid dienone is 1. The fraction of sp³-hybridized carbons (Fsp3) is 0.368. The van der Waals surface area contributed by atoms with E-state index in [2.05, 4.69) is 27.2 Å². The third-order valence-electron chi connectivity index (χ3n) is 9.60. The van der Waals surface area contributed by atoms with Gasteiger partial charge in [0, 0.05) is 24.1 Å². The number of carbonyl (C=O) groups excluding carboxylic acids is 3. The Labute approximate surface area is 290 Å². The van der Waals surface area contributed by atoms with E-state index in [1.807, 2.05) is 54.6 Å². The van der Waals surface area contributed by atoms with Gasteiger partial charge >= 0.3 is 6.08 Å². The van der Waals surface area contributed by atoms with Crippen LogP contribution in [0.4, 0.5) is 5.69 Å². The van der Waals surface area contributed by atoms with Gasteiger partial charge in [0.2, 0.25) is 11.8 Å². The lowest BCUT2D eigenvalue weighted by atomic mass is 10.0. The van der Waals surface area contributed by atoms with Crippen molar-refractivity contribution in [1.82, 2.24) is 20.7 Å². The highest BCUT2D eigenvalue weighted by Crippen LogP contribution is 2.45. The summed E-state index contributed by atoms with van der Waals surface area (Å²) >= 11 is 0. The Morgan fingerprint density at radius 3 is 2.66 bits per heavy atom. The molecule has 12 heteroatoms. The number of hydrogen-bond acceptors (Lipinski definition) is 9. The van der Waals surface area contributed by atoms with Gasteiger partial charge in [0.05, 0.1) is 13.7 Å². The van der Waals surface area contributed by atoms with Crippen LogP contribution in [0.5, 0.6) is 17.6 Å². The average molecular weight is 680 g/mol. The smallest absolute Gasteiger partial charge is 0.394 e. The van der Waals surface area contributed by atoms with Gasteiger partial charge in [0.25, 0.3) is 5.91 Å². The molecule has 3 amide bonds. The third kappa shape index (κ3) is 7.24. The number of amides is 3. The highest BCUT2D eigenvalue weighted by atomic mass is 16.7. The molecule has 1 saturated heterocycles. The normalized spacial score (nSPS) is 26.0. The van der Waals surface area contributed by atoms with Crippen LogP contribution in [0, 0.1) is 5.92 Å². The van der Waals surface area contributed by atoms with Crippen LogP contribution in [-0.4, -0.2) is 65.0 Å². The molecule has 1 aromatic heterocycles. The number of para-hydroxylation sites is 3. The van der Waals surface area contributed by atoms with Gasteiger partial charge in [0.1, 0.15) is 35.0 Å². The highest BCUT2D eigenvalue weighted by Gasteiger charge is 2.61. The second-order valence-corrected chi connectivity index (χ2v) is 13.0. The Kier molecular flexibility index (Phi) is 9.59. The van der Waals surface area contributed by atoms with Crippen molar-refractivity contribution >= 4 is 34.5 Å². The van der Waals surface area contributed by atoms with Crippen LogP contribution in [-0.2, 0) is 14.4 Å². The van der Waals surface area contributed by atoms with Gasteiger partial charge in [-0.15, -0.1) is 0 Å². The van der Waals surface area contributed by atoms with Crippen LogP contribution in [0.25, 0.3) is 11.1 Å². The van der Waals surface area contributed by atoms with E-state index in [-0.39, 0.29) is 30.9 Å². The number of nitrogens with one attached hydrogen (secondary N) is 3. The lowest BCUT2D eigenvalue weighted by molar-refractivity contribution is -0.141. The number of carbonyl (C=O) groups is 3. The molecule has 12 nitrogen and oxygen atoms in total. The van der Waals surface area contributed by atoms with Crippen molar-refractivity contribution in [1.29, 1.82) is 0 Å². The monoisotopic (exact) mass is 679 g/mol. The SMILES string of the molecule is COc1cccc(N[C@H]2CCCCC/C=C\[C@@H]3C[C@@]3(C(=O)NOc3ccccc3)NC(=O)[C@@H]3C[C@@H](Oc4nc5ccccc5o4)CN3C2=O)c1. The van der Waals surface area contributed by atoms with Crippen molar-refractivity contribution in [2.75, 3.05) is 19.0 Å². The topological polar surface area (TPSA) is 144 Å². The first kappa shape index (κ1) is 33.0. The van der Waals surface area contributed by atoms with Crippen LogP contribution in [0.1, 0.15) is 44.9 Å². The van der Waals surface area contributed by atoms with Crippen LogP contribution in [0.15, 0.2) is 95.4 Å². The van der Waals surface area contributed by atoms with Gasteiger partial charge in [0.15, 0.2) is 11.3 Å². The molecule has 0 spiro atoms. The highest BCUT2D eigenvalue weighted by molar-refractivity contribution is 5.98. The minimum Gasteiger partial charge on any atom is -0.497 e. The number of fused-ring (bicyclic) bond motifs is 3. The van der Waals surface area contributed by atoms with Gasteiger partial charge < -0.3 is 34.3 Å². The fourth-order valence-electron chi connectivity index (χ4n) is 6.81. The summed E-state index contributed by atoms with van der Waals surface area (Å²) in [6.07, 6.45) is 8.20. The molecule has 2 fully saturated rings. The summed E-state index contributed by atoms with van der Waals surface area (Å²) in [6, 6.07) is 22.1. The fourth-order valence-corrected chi connectivity index (χ4v) is 6.81. The quantitative estimate of drug-likeness (QED) is 0.170. The molecule has 1 saturated carbocycles. The summed E-state index contributed by atoms with van der Waals surface area (Å²) in [5.41, 5.74) is 3.27. The van der Waals surface area contributed by atoms with Crippen LogP contribution >= 0.6 is 0 Å². The van der Waals surface area contributed by atoms with Crippen molar-refractivity contribution < 1.29 is 33.1 Å². The first-order chi connectivity index (χ1) is 24.4. The summed E-state index contributed by atoms with van der Waals surface area (Å²) in [4.78, 5) is 54.1. The molecule has 0 unspecified atom stereocenters. The molecular weight excluding hydrogens is 638 g/mol. The van der Waals surface area contributed by atoms with Gasteiger partial charge in [-0.2, -0.15) is 10.5 Å². The molecule has 3 aliphatic rings. The summed E-state index contributed by atoms with van der Waals surface area (Å²) in [5.74, 6) is -0.229. The lowest BCUT2D eigenvalue weighted by Crippen LogP contribution is -2.57. The molecule has 3 aromatic carbocycles. The Morgan fingerprint density at radius 1 is 1.00 bits per heavy atom. The van der Waals surface area contributed by atoms with E-state index in [1.54, 1.807) is 42.3 Å². The van der Waals surface area contributed by atoms with E-state index < -0.39 is 35.5 Å². The standard InChI is InChI=1S/C38H41N5O7/c1-47-28-17-12-14-26(21-28)39-31-19-9-4-2-3-6-13-25-23-38(25,36(46)42-50-27-15-7-5-8-16-27)41-34(44)32-22-29(24-43(32)35(31)45)48-37-40-30-18-10-11-20-33(30)49-37/h5-8,10-18,20-21,25,29,31-32,39H,2-4,9,19,22-24H2,1H3,(H,41,44)(H,42,46)/b13-6-/t25-,29-,31+,32+,38-/m1/s1. The summed E-state index contributed by atoms with van der Waals surface area (Å²) in [6.45, 7) is 0.131. The second-order valence-electron chi connectivity index (χ2n) is 13.0. The summed E-state index contributed by atoms with van der Waals surface area (Å²) in [5, 5.41) is 6.46. The number of methoxy groups -OCH3 is 1. The predicted octanol–water partition coefficient (Wildman–Crippen LogP) is 5.17. The van der Waals surface area contributed by atoms with E-state index in [0.717, 1.165) is 31.4 Å². The molecule has 0 radical (unpaired) electrons. The lowest BCUT2D eigenvalue weighted by Gasteiger charge is -2.30. The molecule has 3 N–H and O–H groups in total. The maximum atomic E-state index is 14.5. The number of hydroxylamine groups is 1. The van der Waals surface area contributed by atoms with Crippen LogP contribution < -0.4 is 30.4 Å². The molecule has 2 aliphatic heterocycles. The summed E-state index contributed by atoms with van der Waals surface area (Å²) in [7, 11) is 1.60. The third-order valence-corrected chi connectivity index (χ3v) is 9.60. The Hall–Kier alpha value is -5.52. The van der Waals surface area contributed by atoms with Crippen molar-refractivity contribution in [3.63, 3.8) is 0 Å². The molecule has 50 heavy (non-hydrogen) atoms. The number of oxazole rings is 1. The van der Waals surface area contributed by atoms with E-state index >= 15 is 0 Å². The number of hydrogen-bond donors (Lipinski definition) is 3.